The van der Waals surface area contributed by atoms with E-state index >= 15 is 0 Å². The largest absolute Gasteiger partial charge is 0.481 e. The number of ketones is 1. The summed E-state index contributed by atoms with van der Waals surface area (Å²) in [7, 11) is 0. The Labute approximate surface area is 348 Å². The first-order valence-electron chi connectivity index (χ1n) is 23.0. The zero-order valence-electron chi connectivity index (χ0n) is 37.2. The molecular formula is C49H73N3O6. The van der Waals surface area contributed by atoms with Crippen LogP contribution in [0.2, 0.25) is 0 Å². The highest BCUT2D eigenvalue weighted by molar-refractivity contribution is 6.00. The van der Waals surface area contributed by atoms with Crippen LogP contribution in [-0.2, 0) is 30.4 Å². The number of aliphatic carboxylic acids is 1. The number of carbonyl (C=O) groups is 3. The molecule has 2 heterocycles. The zero-order chi connectivity index (χ0) is 41.6. The third kappa shape index (κ3) is 6.26. The lowest BCUT2D eigenvalue weighted by atomic mass is 9.33. The minimum Gasteiger partial charge on any atom is -0.481 e. The van der Waals surface area contributed by atoms with Gasteiger partial charge in [0.1, 0.15) is 11.9 Å². The first-order valence-corrected chi connectivity index (χ1v) is 23.0. The monoisotopic (exact) mass is 800 g/mol. The fourth-order valence-electron chi connectivity index (χ4n) is 15.4. The van der Waals surface area contributed by atoms with E-state index in [1.165, 1.54) is 12.0 Å². The zero-order valence-corrected chi connectivity index (χ0v) is 37.2. The molecule has 8 rings (SSSR count). The molecule has 0 aromatic carbocycles. The van der Waals surface area contributed by atoms with Gasteiger partial charge in [-0.2, -0.15) is 0 Å². The van der Waals surface area contributed by atoms with Crippen LogP contribution < -0.4 is 10.2 Å². The molecule has 320 valence electrons. The third-order valence-corrected chi connectivity index (χ3v) is 18.9. The SMILES string of the molecule is CC(C)C1=C2[C@H]3CC[C@@H]4[C@@]5(C)CC[C@H](OC(=O)[C@H]6C[C@@H](C(=O)O)C6(C)C)C(C)(C)[C@@H]5CC[C@@]4(C)[C@]3(C)CC[C@@]2(CCNCc2cccnc2N2CCOCC2)CC1=O. The van der Waals surface area contributed by atoms with Gasteiger partial charge in [-0.3, -0.25) is 14.4 Å². The van der Waals surface area contributed by atoms with Crippen molar-refractivity contribution in [3.05, 3.63) is 35.0 Å². The second-order valence-corrected chi connectivity index (χ2v) is 22.3. The third-order valence-electron chi connectivity index (χ3n) is 18.9. The number of carboxylic acid groups (broad SMARTS) is 1. The first-order chi connectivity index (χ1) is 27.3. The van der Waals surface area contributed by atoms with Crippen molar-refractivity contribution in [3.63, 3.8) is 0 Å². The second kappa shape index (κ2) is 14.7. The predicted molar refractivity (Wildman–Crippen MR) is 226 cm³/mol. The number of carboxylic acids is 1. The van der Waals surface area contributed by atoms with Crippen molar-refractivity contribution in [1.29, 1.82) is 0 Å². The summed E-state index contributed by atoms with van der Waals surface area (Å²) in [5, 5.41) is 13.5. The highest BCUT2D eigenvalue weighted by Crippen LogP contribution is 2.77. The van der Waals surface area contributed by atoms with Crippen molar-refractivity contribution < 1.29 is 29.0 Å². The van der Waals surface area contributed by atoms with Gasteiger partial charge in [0, 0.05) is 48.6 Å². The van der Waals surface area contributed by atoms with Gasteiger partial charge in [-0.05, 0) is 128 Å². The molecule has 10 atom stereocenters. The van der Waals surface area contributed by atoms with E-state index in [0.717, 1.165) is 102 Å². The lowest BCUT2D eigenvalue weighted by Crippen LogP contribution is -2.66. The van der Waals surface area contributed by atoms with Crippen molar-refractivity contribution >= 4 is 23.5 Å². The van der Waals surface area contributed by atoms with E-state index in [0.29, 0.717) is 36.4 Å². The van der Waals surface area contributed by atoms with Gasteiger partial charge < -0.3 is 24.8 Å². The summed E-state index contributed by atoms with van der Waals surface area (Å²) in [6.07, 6.45) is 12.5. The molecule has 9 nitrogen and oxygen atoms in total. The van der Waals surface area contributed by atoms with Crippen LogP contribution in [0.1, 0.15) is 139 Å². The first kappa shape index (κ1) is 41.9. The van der Waals surface area contributed by atoms with Crippen LogP contribution in [0.3, 0.4) is 0 Å². The Morgan fingerprint density at radius 1 is 0.931 bits per heavy atom. The summed E-state index contributed by atoms with van der Waals surface area (Å²) < 4.78 is 12.1. The number of ether oxygens (including phenoxy) is 2. The molecule has 7 aliphatic rings. The van der Waals surface area contributed by atoms with E-state index < -0.39 is 17.3 Å². The van der Waals surface area contributed by atoms with Crippen LogP contribution in [0, 0.1) is 68.0 Å². The molecular weight excluding hydrogens is 727 g/mol. The van der Waals surface area contributed by atoms with Gasteiger partial charge in [0.05, 0.1) is 25.0 Å². The molecule has 0 unspecified atom stereocenters. The van der Waals surface area contributed by atoms with Crippen LogP contribution in [0.5, 0.6) is 0 Å². The fraction of sp³-hybridized carbons (Fsp3) is 0.796. The summed E-state index contributed by atoms with van der Waals surface area (Å²) in [6.45, 7) is 25.7. The number of morpholine rings is 1. The van der Waals surface area contributed by atoms with Gasteiger partial charge in [-0.1, -0.05) is 74.0 Å². The maximum absolute atomic E-state index is 14.2. The Balaban J connectivity index is 0.997. The molecule has 0 radical (unpaired) electrons. The number of pyridine rings is 1. The van der Waals surface area contributed by atoms with Crippen LogP contribution in [0.25, 0.3) is 0 Å². The number of anilines is 1. The molecule has 6 fully saturated rings. The van der Waals surface area contributed by atoms with E-state index in [1.807, 2.05) is 26.1 Å². The van der Waals surface area contributed by atoms with Gasteiger partial charge in [0.25, 0.3) is 0 Å². The number of aromatic nitrogens is 1. The summed E-state index contributed by atoms with van der Waals surface area (Å²) in [4.78, 5) is 46.8. The van der Waals surface area contributed by atoms with Gasteiger partial charge in [-0.15, -0.1) is 0 Å². The highest BCUT2D eigenvalue weighted by atomic mass is 16.5. The van der Waals surface area contributed by atoms with Gasteiger partial charge in [0.15, 0.2) is 5.78 Å². The minimum absolute atomic E-state index is 0.0659. The summed E-state index contributed by atoms with van der Waals surface area (Å²) in [5.41, 5.74) is 3.47. The maximum Gasteiger partial charge on any atom is 0.309 e. The Bertz CT molecular complexity index is 1830. The van der Waals surface area contributed by atoms with E-state index in [2.05, 4.69) is 64.7 Å². The van der Waals surface area contributed by atoms with Crippen molar-refractivity contribution in [3.8, 4) is 0 Å². The Hall–Kier alpha value is -2.78. The number of allylic oxidation sites excluding steroid dienone is 2. The smallest absolute Gasteiger partial charge is 0.309 e. The van der Waals surface area contributed by atoms with Gasteiger partial charge in [0.2, 0.25) is 0 Å². The van der Waals surface area contributed by atoms with Crippen LogP contribution in [0.15, 0.2) is 29.5 Å². The number of nitrogens with zero attached hydrogens (tertiary/aromatic N) is 2. The van der Waals surface area contributed by atoms with Crippen molar-refractivity contribution in [2.75, 3.05) is 37.7 Å². The minimum atomic E-state index is -0.816. The Kier molecular flexibility index (Phi) is 10.6. The summed E-state index contributed by atoms with van der Waals surface area (Å²) in [6, 6.07) is 4.23. The van der Waals surface area contributed by atoms with Gasteiger partial charge >= 0.3 is 11.9 Å². The molecule has 0 amide bonds. The molecule has 9 heteroatoms. The van der Waals surface area contributed by atoms with Crippen molar-refractivity contribution in [2.24, 2.45) is 68.0 Å². The molecule has 0 spiro atoms. The Morgan fingerprint density at radius 3 is 2.36 bits per heavy atom. The van der Waals surface area contributed by atoms with E-state index in [-0.39, 0.29) is 51.0 Å². The number of esters is 1. The number of hydrogen-bond acceptors (Lipinski definition) is 8. The topological polar surface area (TPSA) is 118 Å². The van der Waals surface area contributed by atoms with E-state index in [1.54, 1.807) is 5.57 Å². The molecule has 1 aromatic rings. The second-order valence-electron chi connectivity index (χ2n) is 22.3. The number of Topliss-reactive ketones (excluding diaryl/α,β-unsaturated/α-hetero) is 1. The highest BCUT2D eigenvalue weighted by Gasteiger charge is 2.70. The van der Waals surface area contributed by atoms with Gasteiger partial charge in [-0.25, -0.2) is 4.98 Å². The quantitative estimate of drug-likeness (QED) is 0.177. The molecule has 1 aromatic heterocycles. The lowest BCUT2D eigenvalue weighted by Gasteiger charge is -2.72. The number of nitrogens with one attached hydrogen (secondary N) is 1. The predicted octanol–water partition coefficient (Wildman–Crippen LogP) is 9.04. The molecule has 1 aliphatic heterocycles. The van der Waals surface area contributed by atoms with Crippen molar-refractivity contribution in [1.82, 2.24) is 10.3 Å². The summed E-state index contributed by atoms with van der Waals surface area (Å²) >= 11 is 0. The van der Waals surface area contributed by atoms with Crippen LogP contribution in [-0.4, -0.2) is 66.8 Å². The number of carbonyl (C=O) groups excluding carboxylic acids is 2. The molecule has 5 saturated carbocycles. The fourth-order valence-corrected chi connectivity index (χ4v) is 15.4. The molecule has 6 aliphatic carbocycles. The number of rotatable bonds is 10. The Morgan fingerprint density at radius 2 is 1.67 bits per heavy atom. The average Bonchev–Trinajstić information content (AvgIpc) is 3.47. The standard InChI is InChI=1S/C49H73N3O6/c1-30(2)39-35(53)28-49(20-22-50-29-31-11-10-21-51-41(31)52-23-25-57-26-24-52)19-18-47(8)32(40(39)49)12-13-37-46(7)16-15-38(45(5,6)36(46)14-17-48(37,47)9)58-43(56)34-27-33(42(54)55)44(34,3)4/h10-11,21,30,32-34,36-38,50H,12-20,22-29H2,1-9H3,(H,54,55)/t32-,33+,34-,36+,37-,38+,46+,47-,48-,49-/m1/s1. The van der Waals surface area contributed by atoms with E-state index in [9.17, 15) is 19.5 Å². The maximum atomic E-state index is 14.2. The lowest BCUT2D eigenvalue weighted by molar-refractivity contribution is -0.236. The van der Waals surface area contributed by atoms with Crippen LogP contribution in [0.4, 0.5) is 5.82 Å². The van der Waals surface area contributed by atoms with E-state index in [4.69, 9.17) is 14.5 Å². The number of hydrogen-bond donors (Lipinski definition) is 2. The molecule has 0 bridgehead atoms. The molecule has 1 saturated heterocycles. The normalized spacial score (nSPS) is 40.2. The average molecular weight is 800 g/mol. The number of fused-ring (bicyclic) bond motifs is 7. The molecule has 58 heavy (non-hydrogen) atoms. The molecule has 2 N–H and O–H groups in total. The van der Waals surface area contributed by atoms with Crippen molar-refractivity contribution in [2.45, 2.75) is 146 Å². The van der Waals surface area contributed by atoms with Crippen LogP contribution >= 0.6 is 0 Å². The summed E-state index contributed by atoms with van der Waals surface area (Å²) in [5.74, 6) is 1.22.